The highest BCUT2D eigenvalue weighted by molar-refractivity contribution is 8.19. The van der Waals surface area contributed by atoms with Crippen molar-refractivity contribution in [2.45, 2.75) is 30.3 Å². The number of carbonyl (C=O) groups excluding carboxylic acids is 1. The molecule has 1 aliphatic heterocycles. The molecular formula is C16H20O3S2. The average molecular weight is 324 g/mol. The summed E-state index contributed by atoms with van der Waals surface area (Å²) in [5.74, 6) is 3.54. The molecule has 3 nitrogen and oxygen atoms in total. The van der Waals surface area contributed by atoms with Gasteiger partial charge in [0.25, 0.3) is 0 Å². The van der Waals surface area contributed by atoms with Crippen LogP contribution in [0, 0.1) is 5.92 Å². The minimum atomic E-state index is -0.108. The third-order valence-corrected chi connectivity index (χ3v) is 7.09. The number of methoxy groups -OCH3 is 1. The first-order valence-electron chi connectivity index (χ1n) is 7.41. The second kappa shape index (κ2) is 6.97. The molecule has 0 amide bonds. The van der Waals surface area contributed by atoms with E-state index in [9.17, 15) is 4.79 Å². The largest absolute Gasteiger partial charge is 0.493 e. The summed E-state index contributed by atoms with van der Waals surface area (Å²) in [6, 6.07) is 5.93. The van der Waals surface area contributed by atoms with Crippen LogP contribution >= 0.6 is 23.5 Å². The van der Waals surface area contributed by atoms with E-state index in [-0.39, 0.29) is 11.9 Å². The molecular weight excluding hydrogens is 304 g/mol. The molecule has 0 atom stereocenters. The highest BCUT2D eigenvalue weighted by Crippen LogP contribution is 2.47. The number of benzene rings is 1. The molecule has 2 aliphatic rings. The van der Waals surface area contributed by atoms with Crippen LogP contribution in [-0.4, -0.2) is 24.6 Å². The lowest BCUT2D eigenvalue weighted by Gasteiger charge is -2.15. The van der Waals surface area contributed by atoms with Gasteiger partial charge < -0.3 is 9.47 Å². The first-order valence-corrected chi connectivity index (χ1v) is 9.50. The van der Waals surface area contributed by atoms with Gasteiger partial charge in [-0.3, -0.25) is 4.79 Å². The Morgan fingerprint density at radius 3 is 2.52 bits per heavy atom. The van der Waals surface area contributed by atoms with E-state index in [1.165, 1.54) is 17.1 Å². The summed E-state index contributed by atoms with van der Waals surface area (Å²) in [7, 11) is 1.63. The number of ether oxygens (including phenoxy) is 2. The molecule has 5 heteroatoms. The maximum absolute atomic E-state index is 12.1. The van der Waals surface area contributed by atoms with Crippen LogP contribution in [0.5, 0.6) is 11.5 Å². The molecule has 1 aliphatic carbocycles. The van der Waals surface area contributed by atoms with Gasteiger partial charge >= 0.3 is 5.97 Å². The molecule has 3 rings (SSSR count). The lowest BCUT2D eigenvalue weighted by atomic mass is 10.1. The Labute approximate surface area is 134 Å². The molecule has 1 saturated heterocycles. The van der Waals surface area contributed by atoms with Crippen LogP contribution in [0.4, 0.5) is 0 Å². The van der Waals surface area contributed by atoms with Crippen LogP contribution in [0.1, 0.15) is 35.8 Å². The summed E-state index contributed by atoms with van der Waals surface area (Å²) >= 11 is 3.91. The predicted octanol–water partition coefficient (Wildman–Crippen LogP) is 4.27. The molecule has 2 fully saturated rings. The Hall–Kier alpha value is -0.810. The zero-order valence-corrected chi connectivity index (χ0v) is 13.8. The van der Waals surface area contributed by atoms with E-state index in [2.05, 4.69) is 6.07 Å². The normalized spacial score (nSPS) is 19.9. The van der Waals surface area contributed by atoms with E-state index in [1.807, 2.05) is 35.7 Å². The third-order valence-electron chi connectivity index (χ3n) is 3.98. The van der Waals surface area contributed by atoms with Gasteiger partial charge in [-0.2, -0.15) is 0 Å². The Kier molecular flexibility index (Phi) is 5.01. The highest BCUT2D eigenvalue weighted by Gasteiger charge is 2.26. The molecule has 21 heavy (non-hydrogen) atoms. The Bertz CT molecular complexity index is 506. The smallest absolute Gasteiger partial charge is 0.314 e. The van der Waals surface area contributed by atoms with E-state index >= 15 is 0 Å². The van der Waals surface area contributed by atoms with Crippen LogP contribution in [0.2, 0.25) is 0 Å². The first-order chi connectivity index (χ1) is 10.3. The molecule has 0 unspecified atom stereocenters. The van der Waals surface area contributed by atoms with Crippen molar-refractivity contribution in [1.82, 2.24) is 0 Å². The summed E-state index contributed by atoms with van der Waals surface area (Å²) in [5, 5.41) is 0. The van der Waals surface area contributed by atoms with E-state index in [1.54, 1.807) is 7.11 Å². The van der Waals surface area contributed by atoms with Crippen molar-refractivity contribution in [2.24, 2.45) is 5.92 Å². The van der Waals surface area contributed by atoms with E-state index in [0.29, 0.717) is 16.1 Å². The quantitative estimate of drug-likeness (QED) is 0.610. The highest BCUT2D eigenvalue weighted by atomic mass is 32.2. The number of hydrogen-bond acceptors (Lipinski definition) is 5. The van der Waals surface area contributed by atoms with Crippen molar-refractivity contribution in [2.75, 3.05) is 18.6 Å². The van der Waals surface area contributed by atoms with Crippen molar-refractivity contribution in [3.05, 3.63) is 23.8 Å². The molecule has 1 aromatic carbocycles. The standard InChI is InChI=1S/C16H20O3S2/c1-18-14-10-12(16-20-8-9-21-16)6-7-13(14)19-15(17)11-4-2-3-5-11/h6-7,10-11,16H,2-5,8-9H2,1H3. The lowest BCUT2D eigenvalue weighted by molar-refractivity contribution is -0.138. The summed E-state index contributed by atoms with van der Waals surface area (Å²) in [6.45, 7) is 0. The van der Waals surface area contributed by atoms with Crippen LogP contribution in [0.3, 0.4) is 0 Å². The van der Waals surface area contributed by atoms with Crippen molar-refractivity contribution in [1.29, 1.82) is 0 Å². The van der Waals surface area contributed by atoms with Gasteiger partial charge in [-0.05, 0) is 30.5 Å². The first kappa shape index (κ1) is 15.1. The van der Waals surface area contributed by atoms with Gasteiger partial charge in [0.05, 0.1) is 17.6 Å². The Morgan fingerprint density at radius 2 is 1.86 bits per heavy atom. The fourth-order valence-electron chi connectivity index (χ4n) is 2.82. The molecule has 0 bridgehead atoms. The fourth-order valence-corrected chi connectivity index (χ4v) is 5.66. The Morgan fingerprint density at radius 1 is 1.14 bits per heavy atom. The maximum atomic E-state index is 12.1. The number of rotatable bonds is 4. The van der Waals surface area contributed by atoms with Gasteiger partial charge in [0, 0.05) is 11.5 Å². The molecule has 0 aromatic heterocycles. The maximum Gasteiger partial charge on any atom is 0.314 e. The molecule has 0 spiro atoms. The molecule has 1 aromatic rings. The SMILES string of the molecule is COc1cc(C2SCCS2)ccc1OC(=O)C1CCCC1. The van der Waals surface area contributed by atoms with Crippen molar-refractivity contribution >= 4 is 29.5 Å². The number of thioether (sulfide) groups is 2. The molecule has 1 heterocycles. The van der Waals surface area contributed by atoms with Crippen molar-refractivity contribution in [3.8, 4) is 11.5 Å². The molecule has 114 valence electrons. The number of esters is 1. The van der Waals surface area contributed by atoms with Gasteiger partial charge in [-0.15, -0.1) is 23.5 Å². The summed E-state index contributed by atoms with van der Waals surface area (Å²) in [6.07, 6.45) is 4.17. The Balaban J connectivity index is 1.73. The summed E-state index contributed by atoms with van der Waals surface area (Å²) in [5.41, 5.74) is 1.24. The topological polar surface area (TPSA) is 35.5 Å². The van der Waals surface area contributed by atoms with Crippen molar-refractivity contribution < 1.29 is 14.3 Å². The van der Waals surface area contributed by atoms with Crippen molar-refractivity contribution in [3.63, 3.8) is 0 Å². The second-order valence-corrected chi connectivity index (χ2v) is 8.11. The van der Waals surface area contributed by atoms with Gasteiger partial charge in [-0.25, -0.2) is 0 Å². The van der Waals surface area contributed by atoms with E-state index in [0.717, 1.165) is 25.7 Å². The minimum absolute atomic E-state index is 0.0651. The summed E-state index contributed by atoms with van der Waals surface area (Å²) in [4.78, 5) is 12.1. The zero-order chi connectivity index (χ0) is 14.7. The van der Waals surface area contributed by atoms with Gasteiger partial charge in [0.2, 0.25) is 0 Å². The number of carbonyl (C=O) groups is 1. The zero-order valence-electron chi connectivity index (χ0n) is 12.2. The van der Waals surface area contributed by atoms with Crippen LogP contribution in [-0.2, 0) is 4.79 Å². The molecule has 1 saturated carbocycles. The lowest BCUT2D eigenvalue weighted by Crippen LogP contribution is -2.18. The van der Waals surface area contributed by atoms with Gasteiger partial charge in [0.1, 0.15) is 0 Å². The molecule has 0 N–H and O–H groups in total. The molecule has 0 radical (unpaired) electrons. The third kappa shape index (κ3) is 3.51. The minimum Gasteiger partial charge on any atom is -0.493 e. The van der Waals surface area contributed by atoms with Gasteiger partial charge in [0.15, 0.2) is 11.5 Å². The number of hydrogen-bond donors (Lipinski definition) is 0. The predicted molar refractivity (Wildman–Crippen MR) is 88.2 cm³/mol. The summed E-state index contributed by atoms with van der Waals surface area (Å²) < 4.78 is 11.4. The van der Waals surface area contributed by atoms with Gasteiger partial charge in [-0.1, -0.05) is 18.9 Å². The van der Waals surface area contributed by atoms with Crippen LogP contribution in [0.25, 0.3) is 0 Å². The second-order valence-electron chi connectivity index (χ2n) is 5.39. The average Bonchev–Trinajstić information content (AvgIpc) is 3.20. The van der Waals surface area contributed by atoms with Crippen LogP contribution in [0.15, 0.2) is 18.2 Å². The van der Waals surface area contributed by atoms with E-state index < -0.39 is 0 Å². The monoisotopic (exact) mass is 324 g/mol. The van der Waals surface area contributed by atoms with Crippen LogP contribution < -0.4 is 9.47 Å². The van der Waals surface area contributed by atoms with E-state index in [4.69, 9.17) is 9.47 Å². The fraction of sp³-hybridized carbons (Fsp3) is 0.562.